The Bertz CT molecular complexity index is 659. The Balaban J connectivity index is 2.12. The second-order valence-corrected chi connectivity index (χ2v) is 4.48. The molecule has 1 amide bonds. The molecule has 0 radical (unpaired) electrons. The molecule has 0 aliphatic carbocycles. The largest absolute Gasteiger partial charge is 0.337 e. The van der Waals surface area contributed by atoms with Gasteiger partial charge in [0.2, 0.25) is 0 Å². The molecule has 0 unspecified atom stereocenters. The number of carbonyl (C=O) groups excluding carboxylic acids is 1. The van der Waals surface area contributed by atoms with Crippen molar-refractivity contribution >= 4 is 5.91 Å². The van der Waals surface area contributed by atoms with Crippen LogP contribution >= 0.6 is 0 Å². The Morgan fingerprint density at radius 3 is 2.60 bits per heavy atom. The molecule has 20 heavy (non-hydrogen) atoms. The number of benzene rings is 2. The molecule has 0 aliphatic rings. The van der Waals surface area contributed by atoms with Crippen LogP contribution in [0.2, 0.25) is 0 Å². The molecule has 2 aromatic carbocycles. The van der Waals surface area contributed by atoms with Crippen LogP contribution in [0.4, 0.5) is 4.39 Å². The summed E-state index contributed by atoms with van der Waals surface area (Å²) in [4.78, 5) is 13.8. The lowest BCUT2D eigenvalue weighted by Gasteiger charge is -2.17. The third-order valence-electron chi connectivity index (χ3n) is 2.92. The maximum absolute atomic E-state index is 12.8. The predicted molar refractivity (Wildman–Crippen MR) is 73.4 cm³/mol. The Morgan fingerprint density at radius 2 is 1.95 bits per heavy atom. The van der Waals surface area contributed by atoms with Gasteiger partial charge in [0.05, 0.1) is 11.6 Å². The highest BCUT2D eigenvalue weighted by Crippen LogP contribution is 2.11. The molecule has 0 heterocycles. The summed E-state index contributed by atoms with van der Waals surface area (Å²) in [5.41, 5.74) is 1.76. The molecule has 4 heteroatoms. The predicted octanol–water partition coefficient (Wildman–Crippen LogP) is 2.97. The van der Waals surface area contributed by atoms with Crippen LogP contribution in [0.15, 0.2) is 48.5 Å². The van der Waals surface area contributed by atoms with E-state index in [2.05, 4.69) is 0 Å². The second kappa shape index (κ2) is 5.98. The SMILES string of the molecule is CN(Cc1ccc(F)cc1)C(=O)c1cccc(C#N)c1. The monoisotopic (exact) mass is 268 g/mol. The maximum atomic E-state index is 12.8. The smallest absolute Gasteiger partial charge is 0.253 e. The lowest BCUT2D eigenvalue weighted by Crippen LogP contribution is -2.26. The first-order valence-electron chi connectivity index (χ1n) is 6.10. The van der Waals surface area contributed by atoms with Crippen molar-refractivity contribution in [2.24, 2.45) is 0 Å². The molecule has 0 bridgehead atoms. The van der Waals surface area contributed by atoms with Gasteiger partial charge >= 0.3 is 0 Å². The van der Waals surface area contributed by atoms with Crippen molar-refractivity contribution in [3.63, 3.8) is 0 Å². The average Bonchev–Trinajstić information content (AvgIpc) is 2.48. The Labute approximate surface area is 116 Å². The van der Waals surface area contributed by atoms with Gasteiger partial charge < -0.3 is 4.90 Å². The summed E-state index contributed by atoms with van der Waals surface area (Å²) in [7, 11) is 1.67. The van der Waals surface area contributed by atoms with E-state index in [9.17, 15) is 9.18 Å². The maximum Gasteiger partial charge on any atom is 0.253 e. The third kappa shape index (κ3) is 3.21. The summed E-state index contributed by atoms with van der Waals surface area (Å²) < 4.78 is 12.8. The number of hydrogen-bond donors (Lipinski definition) is 0. The molecule has 2 aromatic rings. The molecular formula is C16H13FN2O. The van der Waals surface area contributed by atoms with Gasteiger partial charge in [-0.05, 0) is 35.9 Å². The minimum atomic E-state index is -0.301. The van der Waals surface area contributed by atoms with Crippen LogP contribution < -0.4 is 0 Å². The van der Waals surface area contributed by atoms with Gasteiger partial charge in [-0.15, -0.1) is 0 Å². The Morgan fingerprint density at radius 1 is 1.25 bits per heavy atom. The Hall–Kier alpha value is -2.67. The summed E-state index contributed by atoms with van der Waals surface area (Å²) >= 11 is 0. The molecule has 0 spiro atoms. The van der Waals surface area contributed by atoms with Gasteiger partial charge in [0, 0.05) is 19.2 Å². The van der Waals surface area contributed by atoms with E-state index < -0.39 is 0 Å². The van der Waals surface area contributed by atoms with Gasteiger partial charge in [-0.1, -0.05) is 18.2 Å². The van der Waals surface area contributed by atoms with Gasteiger partial charge in [-0.25, -0.2) is 4.39 Å². The third-order valence-corrected chi connectivity index (χ3v) is 2.92. The lowest BCUT2D eigenvalue weighted by molar-refractivity contribution is 0.0785. The second-order valence-electron chi connectivity index (χ2n) is 4.48. The minimum Gasteiger partial charge on any atom is -0.337 e. The standard InChI is InChI=1S/C16H13FN2O/c1-19(11-12-5-7-15(17)8-6-12)16(20)14-4-2-3-13(9-14)10-18/h2-9H,11H2,1H3. The first-order valence-corrected chi connectivity index (χ1v) is 6.10. The quantitative estimate of drug-likeness (QED) is 0.859. The van der Waals surface area contributed by atoms with Crippen molar-refractivity contribution in [3.05, 3.63) is 71.0 Å². The fourth-order valence-electron chi connectivity index (χ4n) is 1.88. The van der Waals surface area contributed by atoms with E-state index in [0.29, 0.717) is 17.7 Å². The molecule has 100 valence electrons. The molecule has 0 atom stereocenters. The molecule has 0 aromatic heterocycles. The lowest BCUT2D eigenvalue weighted by atomic mass is 10.1. The Kier molecular flexibility index (Phi) is 4.11. The summed E-state index contributed by atoms with van der Waals surface area (Å²) in [6.45, 7) is 0.385. The molecule has 0 aliphatic heterocycles. The highest BCUT2D eigenvalue weighted by Gasteiger charge is 2.12. The molecule has 0 N–H and O–H groups in total. The number of rotatable bonds is 3. The van der Waals surface area contributed by atoms with Gasteiger partial charge in [-0.2, -0.15) is 5.26 Å². The van der Waals surface area contributed by atoms with E-state index in [-0.39, 0.29) is 11.7 Å². The van der Waals surface area contributed by atoms with Crippen molar-refractivity contribution in [2.75, 3.05) is 7.05 Å². The zero-order chi connectivity index (χ0) is 14.5. The number of amides is 1. The van der Waals surface area contributed by atoms with Crippen LogP contribution in [-0.2, 0) is 6.54 Å². The summed E-state index contributed by atoms with van der Waals surface area (Å²) in [5, 5.41) is 8.83. The van der Waals surface area contributed by atoms with E-state index >= 15 is 0 Å². The van der Waals surface area contributed by atoms with Crippen molar-refractivity contribution in [1.82, 2.24) is 4.90 Å². The van der Waals surface area contributed by atoms with Gasteiger partial charge in [0.1, 0.15) is 5.82 Å². The normalized spacial score (nSPS) is 9.85. The fourth-order valence-corrected chi connectivity index (χ4v) is 1.88. The number of halogens is 1. The molecule has 0 fully saturated rings. The number of carbonyl (C=O) groups is 1. The van der Waals surface area contributed by atoms with Crippen LogP contribution in [0.3, 0.4) is 0 Å². The van der Waals surface area contributed by atoms with Crippen molar-refractivity contribution in [2.45, 2.75) is 6.54 Å². The van der Waals surface area contributed by atoms with Crippen LogP contribution in [0.25, 0.3) is 0 Å². The van der Waals surface area contributed by atoms with Crippen LogP contribution in [0, 0.1) is 17.1 Å². The molecule has 0 saturated heterocycles. The summed E-state index contributed by atoms with van der Waals surface area (Å²) in [5.74, 6) is -0.476. The van der Waals surface area contributed by atoms with E-state index in [1.54, 1.807) is 43.4 Å². The average molecular weight is 268 g/mol. The van der Waals surface area contributed by atoms with E-state index in [0.717, 1.165) is 5.56 Å². The van der Waals surface area contributed by atoms with Gasteiger partial charge in [0.25, 0.3) is 5.91 Å². The number of nitriles is 1. The highest BCUT2D eigenvalue weighted by molar-refractivity contribution is 5.94. The van der Waals surface area contributed by atoms with Crippen molar-refractivity contribution < 1.29 is 9.18 Å². The molecule has 3 nitrogen and oxygen atoms in total. The van der Waals surface area contributed by atoms with Crippen LogP contribution in [0.5, 0.6) is 0 Å². The summed E-state index contributed by atoms with van der Waals surface area (Å²) in [6, 6.07) is 14.6. The zero-order valence-corrected chi connectivity index (χ0v) is 11.0. The van der Waals surface area contributed by atoms with E-state index in [4.69, 9.17) is 5.26 Å². The van der Waals surface area contributed by atoms with Gasteiger partial charge in [0.15, 0.2) is 0 Å². The first kappa shape index (κ1) is 13.8. The number of nitrogens with zero attached hydrogens (tertiary/aromatic N) is 2. The highest BCUT2D eigenvalue weighted by atomic mass is 19.1. The first-order chi connectivity index (χ1) is 9.60. The minimum absolute atomic E-state index is 0.175. The fraction of sp³-hybridized carbons (Fsp3) is 0.125. The molecule has 0 saturated carbocycles. The molecule has 2 rings (SSSR count). The van der Waals surface area contributed by atoms with Crippen LogP contribution in [-0.4, -0.2) is 17.9 Å². The molecular weight excluding hydrogens is 255 g/mol. The van der Waals surface area contributed by atoms with E-state index in [1.807, 2.05) is 6.07 Å². The number of hydrogen-bond acceptors (Lipinski definition) is 2. The van der Waals surface area contributed by atoms with Crippen LogP contribution in [0.1, 0.15) is 21.5 Å². The topological polar surface area (TPSA) is 44.1 Å². The van der Waals surface area contributed by atoms with Crippen molar-refractivity contribution in [1.29, 1.82) is 5.26 Å². The summed E-state index contributed by atoms with van der Waals surface area (Å²) in [6.07, 6.45) is 0. The zero-order valence-electron chi connectivity index (χ0n) is 11.0. The van der Waals surface area contributed by atoms with Gasteiger partial charge in [-0.3, -0.25) is 4.79 Å². The van der Waals surface area contributed by atoms with E-state index in [1.165, 1.54) is 17.0 Å². The van der Waals surface area contributed by atoms with Crippen molar-refractivity contribution in [3.8, 4) is 6.07 Å².